The van der Waals surface area contributed by atoms with Crippen LogP contribution in [0.1, 0.15) is 12.8 Å². The average molecular weight is 364 g/mol. The molecule has 1 aromatic heterocycles. The van der Waals surface area contributed by atoms with Gasteiger partial charge in [0.05, 0.1) is 11.6 Å². The van der Waals surface area contributed by atoms with Crippen molar-refractivity contribution in [2.75, 3.05) is 17.8 Å². The van der Waals surface area contributed by atoms with Crippen molar-refractivity contribution < 1.29 is 18.3 Å². The van der Waals surface area contributed by atoms with Crippen molar-refractivity contribution in [3.05, 3.63) is 22.9 Å². The van der Waals surface area contributed by atoms with Gasteiger partial charge in [0.25, 0.3) is 0 Å². The van der Waals surface area contributed by atoms with E-state index in [-0.39, 0.29) is 13.1 Å². The number of aliphatic carboxylic acids is 1. The second-order valence-electron chi connectivity index (χ2n) is 4.46. The predicted octanol–water partition coefficient (Wildman–Crippen LogP) is 1.30. The standard InChI is InChI=1S/C11H14BrN3O4S/c12-10-9(2-1-5-13-10)14-20(18,19)15-6-3-8(4-7-15)11(16)17/h1-2,5,8,14H,3-4,6-7H2,(H,16,17). The summed E-state index contributed by atoms with van der Waals surface area (Å²) in [5.74, 6) is -1.34. The SMILES string of the molecule is O=C(O)C1CCN(S(=O)(=O)Nc2cccnc2Br)CC1. The van der Waals surface area contributed by atoms with Gasteiger partial charge >= 0.3 is 16.2 Å². The van der Waals surface area contributed by atoms with E-state index >= 15 is 0 Å². The Morgan fingerprint density at radius 1 is 1.45 bits per heavy atom. The van der Waals surface area contributed by atoms with Crippen LogP contribution in [0.4, 0.5) is 5.69 Å². The number of carbonyl (C=O) groups is 1. The van der Waals surface area contributed by atoms with Crippen molar-refractivity contribution >= 4 is 37.8 Å². The number of piperidine rings is 1. The molecule has 1 aliphatic rings. The second kappa shape index (κ2) is 6.06. The van der Waals surface area contributed by atoms with Crippen molar-refractivity contribution in [2.24, 2.45) is 5.92 Å². The van der Waals surface area contributed by atoms with Crippen LogP contribution in [0.25, 0.3) is 0 Å². The molecular weight excluding hydrogens is 350 g/mol. The van der Waals surface area contributed by atoms with Crippen molar-refractivity contribution in [3.63, 3.8) is 0 Å². The summed E-state index contributed by atoms with van der Waals surface area (Å²) >= 11 is 3.17. The van der Waals surface area contributed by atoms with Gasteiger partial charge in [0.2, 0.25) is 0 Å². The summed E-state index contributed by atoms with van der Waals surface area (Å²) < 4.78 is 28.5. The number of carboxylic acid groups (broad SMARTS) is 1. The normalized spacial score (nSPS) is 17.9. The molecule has 0 bridgehead atoms. The monoisotopic (exact) mass is 363 g/mol. The number of hydrogen-bond acceptors (Lipinski definition) is 4. The van der Waals surface area contributed by atoms with Crippen molar-refractivity contribution in [1.29, 1.82) is 0 Å². The molecule has 9 heteroatoms. The number of pyridine rings is 1. The topological polar surface area (TPSA) is 99.6 Å². The first-order chi connectivity index (χ1) is 9.40. The minimum atomic E-state index is -3.69. The van der Waals surface area contributed by atoms with Gasteiger partial charge in [0.1, 0.15) is 4.60 Å². The number of nitrogens with zero attached hydrogens (tertiary/aromatic N) is 2. The zero-order valence-corrected chi connectivity index (χ0v) is 12.9. The van der Waals surface area contributed by atoms with Crippen LogP contribution in [0.3, 0.4) is 0 Å². The number of anilines is 1. The second-order valence-corrected chi connectivity index (χ2v) is 6.88. The lowest BCUT2D eigenvalue weighted by Gasteiger charge is -2.29. The van der Waals surface area contributed by atoms with Crippen molar-refractivity contribution in [3.8, 4) is 0 Å². The first-order valence-corrected chi connectivity index (χ1v) is 8.24. The maximum atomic E-state index is 12.2. The minimum Gasteiger partial charge on any atom is -0.481 e. The maximum absolute atomic E-state index is 12.2. The first-order valence-electron chi connectivity index (χ1n) is 6.01. The molecule has 7 nitrogen and oxygen atoms in total. The van der Waals surface area contributed by atoms with Crippen LogP contribution >= 0.6 is 15.9 Å². The van der Waals surface area contributed by atoms with Gasteiger partial charge in [0.15, 0.2) is 0 Å². The summed E-state index contributed by atoms with van der Waals surface area (Å²) in [6.07, 6.45) is 2.19. The molecule has 2 N–H and O–H groups in total. The molecule has 2 heterocycles. The van der Waals surface area contributed by atoms with Gasteiger partial charge in [-0.2, -0.15) is 12.7 Å². The minimum absolute atomic E-state index is 0.199. The van der Waals surface area contributed by atoms with Gasteiger partial charge in [-0.25, -0.2) is 4.98 Å². The number of aromatic nitrogens is 1. The van der Waals surface area contributed by atoms with E-state index in [1.807, 2.05) is 0 Å². The van der Waals surface area contributed by atoms with Crippen LogP contribution in [-0.2, 0) is 15.0 Å². The van der Waals surface area contributed by atoms with Gasteiger partial charge in [0, 0.05) is 19.3 Å². The van der Waals surface area contributed by atoms with Crippen LogP contribution in [0.5, 0.6) is 0 Å². The van der Waals surface area contributed by atoms with Crippen LogP contribution < -0.4 is 4.72 Å². The molecule has 0 radical (unpaired) electrons. The Morgan fingerprint density at radius 3 is 2.65 bits per heavy atom. The molecular formula is C11H14BrN3O4S. The summed E-state index contributed by atoms with van der Waals surface area (Å²) in [4.78, 5) is 14.8. The molecule has 0 amide bonds. The molecule has 1 fully saturated rings. The third-order valence-electron chi connectivity index (χ3n) is 3.14. The van der Waals surface area contributed by atoms with E-state index in [4.69, 9.17) is 5.11 Å². The molecule has 0 aromatic carbocycles. The van der Waals surface area contributed by atoms with Gasteiger partial charge < -0.3 is 5.11 Å². The fraction of sp³-hybridized carbons (Fsp3) is 0.455. The fourth-order valence-electron chi connectivity index (χ4n) is 2.01. The van der Waals surface area contributed by atoms with E-state index in [9.17, 15) is 13.2 Å². The molecule has 20 heavy (non-hydrogen) atoms. The molecule has 0 saturated carbocycles. The van der Waals surface area contributed by atoms with Crippen LogP contribution in [0.2, 0.25) is 0 Å². The summed E-state index contributed by atoms with van der Waals surface area (Å²) in [6, 6.07) is 3.22. The van der Waals surface area contributed by atoms with E-state index in [2.05, 4.69) is 25.6 Å². The Kier molecular flexibility index (Phi) is 4.61. The quantitative estimate of drug-likeness (QED) is 0.785. The molecule has 2 rings (SSSR count). The van der Waals surface area contributed by atoms with Crippen LogP contribution in [0, 0.1) is 5.92 Å². The van der Waals surface area contributed by atoms with Crippen molar-refractivity contribution in [2.45, 2.75) is 12.8 Å². The van der Waals surface area contributed by atoms with E-state index in [1.165, 1.54) is 4.31 Å². The van der Waals surface area contributed by atoms with Crippen LogP contribution in [-0.4, -0.2) is 41.9 Å². The van der Waals surface area contributed by atoms with E-state index < -0.39 is 22.1 Å². The van der Waals surface area contributed by atoms with E-state index in [1.54, 1.807) is 18.3 Å². The van der Waals surface area contributed by atoms with Gasteiger partial charge in [-0.15, -0.1) is 0 Å². The maximum Gasteiger partial charge on any atom is 0.306 e. The fourth-order valence-corrected chi connectivity index (χ4v) is 3.75. The highest BCUT2D eigenvalue weighted by molar-refractivity contribution is 9.10. The number of carboxylic acids is 1. The lowest BCUT2D eigenvalue weighted by atomic mass is 9.99. The first kappa shape index (κ1) is 15.2. The highest BCUT2D eigenvalue weighted by atomic mass is 79.9. The molecule has 110 valence electrons. The number of rotatable bonds is 4. The molecule has 1 aliphatic heterocycles. The third-order valence-corrected chi connectivity index (χ3v) is 5.30. The molecule has 0 aliphatic carbocycles. The summed E-state index contributed by atoms with van der Waals surface area (Å²) in [7, 11) is -3.69. The largest absolute Gasteiger partial charge is 0.481 e. The number of hydrogen-bond donors (Lipinski definition) is 2. The summed E-state index contributed by atoms with van der Waals surface area (Å²) in [6.45, 7) is 0.397. The third kappa shape index (κ3) is 3.47. The molecule has 0 spiro atoms. The van der Waals surface area contributed by atoms with Gasteiger partial charge in [-0.1, -0.05) is 0 Å². The lowest BCUT2D eigenvalue weighted by molar-refractivity contribution is -0.142. The number of nitrogens with one attached hydrogen (secondary N) is 1. The smallest absolute Gasteiger partial charge is 0.306 e. The zero-order valence-electron chi connectivity index (χ0n) is 10.5. The molecule has 0 atom stereocenters. The number of halogens is 1. The van der Waals surface area contributed by atoms with Gasteiger partial charge in [-0.05, 0) is 40.9 Å². The molecule has 1 aromatic rings. The highest BCUT2D eigenvalue weighted by Crippen LogP contribution is 2.24. The Balaban J connectivity index is 2.05. The Hall–Kier alpha value is -1.19. The Morgan fingerprint density at radius 2 is 2.10 bits per heavy atom. The summed E-state index contributed by atoms with van der Waals surface area (Å²) in [5.41, 5.74) is 0.354. The molecule has 0 unspecified atom stereocenters. The predicted molar refractivity (Wildman–Crippen MR) is 76.4 cm³/mol. The van der Waals surface area contributed by atoms with Crippen LogP contribution in [0.15, 0.2) is 22.9 Å². The summed E-state index contributed by atoms with van der Waals surface area (Å²) in [5, 5.41) is 8.90. The molecule has 1 saturated heterocycles. The van der Waals surface area contributed by atoms with Crippen molar-refractivity contribution in [1.82, 2.24) is 9.29 Å². The Bertz CT molecular complexity index is 599. The average Bonchev–Trinajstić information content (AvgIpc) is 2.41. The lowest BCUT2D eigenvalue weighted by Crippen LogP contribution is -2.43. The van der Waals surface area contributed by atoms with Gasteiger partial charge in [-0.3, -0.25) is 9.52 Å². The van der Waals surface area contributed by atoms with E-state index in [0.29, 0.717) is 23.1 Å². The Labute approximate surface area is 125 Å². The zero-order chi connectivity index (χ0) is 14.8. The highest BCUT2D eigenvalue weighted by Gasteiger charge is 2.31. The van der Waals surface area contributed by atoms with E-state index in [0.717, 1.165) is 0 Å².